The zero-order chi connectivity index (χ0) is 13.6. The van der Waals surface area contributed by atoms with Crippen LogP contribution in [-0.2, 0) is 4.79 Å². The number of nitrogens with one attached hydrogen (secondary N) is 2. The normalized spacial score (nSPS) is 15.8. The molecule has 0 aliphatic heterocycles. The van der Waals surface area contributed by atoms with Crippen molar-refractivity contribution in [1.82, 2.24) is 10.6 Å². The van der Waals surface area contributed by atoms with E-state index in [9.17, 15) is 18.0 Å². The van der Waals surface area contributed by atoms with Crippen molar-refractivity contribution < 1.29 is 18.0 Å². The van der Waals surface area contributed by atoms with Crippen molar-refractivity contribution in [3.05, 3.63) is 0 Å². The van der Waals surface area contributed by atoms with Crippen LogP contribution < -0.4 is 10.6 Å². The highest BCUT2D eigenvalue weighted by molar-refractivity contribution is 5.78. The number of rotatable bonds is 6. The number of amides is 1. The summed E-state index contributed by atoms with van der Waals surface area (Å²) in [6.45, 7) is 7.11. The van der Waals surface area contributed by atoms with Crippen molar-refractivity contribution in [2.45, 2.75) is 52.4 Å². The first kappa shape index (κ1) is 16.2. The zero-order valence-corrected chi connectivity index (χ0v) is 10.7. The molecule has 0 heterocycles. The summed E-state index contributed by atoms with van der Waals surface area (Å²) in [6, 6.07) is -0.739. The van der Waals surface area contributed by atoms with Crippen molar-refractivity contribution in [2.24, 2.45) is 5.92 Å². The molecule has 2 N–H and O–H groups in total. The topological polar surface area (TPSA) is 41.1 Å². The van der Waals surface area contributed by atoms with Crippen LogP contribution in [0.25, 0.3) is 0 Å². The molecule has 0 radical (unpaired) electrons. The quantitative estimate of drug-likeness (QED) is 0.762. The standard InChI is InChI=1S/C11H21F3N2O/c1-7(2)9(4)16-10(17)6-15-8(3)5-11(12,13)14/h7-9,15H,5-6H2,1-4H3,(H,16,17). The lowest BCUT2D eigenvalue weighted by Crippen LogP contribution is -2.44. The molecule has 6 heteroatoms. The molecule has 0 fully saturated rings. The first-order valence-corrected chi connectivity index (χ1v) is 5.71. The number of halogens is 3. The monoisotopic (exact) mass is 254 g/mol. The lowest BCUT2D eigenvalue weighted by molar-refractivity contribution is -0.140. The van der Waals surface area contributed by atoms with Crippen LogP contribution in [-0.4, -0.2) is 30.7 Å². The summed E-state index contributed by atoms with van der Waals surface area (Å²) in [5.74, 6) is 0.0202. The first-order valence-electron chi connectivity index (χ1n) is 5.71. The van der Waals surface area contributed by atoms with Gasteiger partial charge in [0.05, 0.1) is 13.0 Å². The van der Waals surface area contributed by atoms with Gasteiger partial charge in [-0.1, -0.05) is 13.8 Å². The molecule has 0 aliphatic carbocycles. The van der Waals surface area contributed by atoms with Crippen LogP contribution in [0.5, 0.6) is 0 Å². The Balaban J connectivity index is 3.85. The maximum absolute atomic E-state index is 12.0. The van der Waals surface area contributed by atoms with Crippen molar-refractivity contribution in [1.29, 1.82) is 0 Å². The number of alkyl halides is 3. The van der Waals surface area contributed by atoms with Crippen molar-refractivity contribution in [3.63, 3.8) is 0 Å². The Morgan fingerprint density at radius 1 is 1.18 bits per heavy atom. The Hall–Kier alpha value is -0.780. The minimum atomic E-state index is -4.20. The van der Waals surface area contributed by atoms with Crippen molar-refractivity contribution >= 4 is 5.91 Å². The maximum atomic E-state index is 12.0. The molecule has 0 spiro atoms. The van der Waals surface area contributed by atoms with E-state index in [2.05, 4.69) is 10.6 Å². The molecule has 0 saturated carbocycles. The summed E-state index contributed by atoms with van der Waals surface area (Å²) in [5, 5.41) is 5.27. The minimum Gasteiger partial charge on any atom is -0.352 e. The molecule has 0 aromatic carbocycles. The van der Waals surface area contributed by atoms with Gasteiger partial charge in [0.1, 0.15) is 0 Å². The van der Waals surface area contributed by atoms with Gasteiger partial charge in [-0.2, -0.15) is 13.2 Å². The molecule has 0 bridgehead atoms. The highest BCUT2D eigenvalue weighted by Crippen LogP contribution is 2.21. The van der Waals surface area contributed by atoms with E-state index in [1.165, 1.54) is 6.92 Å². The van der Waals surface area contributed by atoms with Gasteiger partial charge < -0.3 is 10.6 Å². The number of carbonyl (C=O) groups excluding carboxylic acids is 1. The predicted molar refractivity (Wildman–Crippen MR) is 60.6 cm³/mol. The Kier molecular flexibility index (Phi) is 6.52. The van der Waals surface area contributed by atoms with Crippen molar-refractivity contribution in [3.8, 4) is 0 Å². The number of hydrogen-bond donors (Lipinski definition) is 2. The van der Waals surface area contributed by atoms with E-state index in [4.69, 9.17) is 0 Å². The fourth-order valence-corrected chi connectivity index (χ4v) is 1.16. The fourth-order valence-electron chi connectivity index (χ4n) is 1.16. The van der Waals surface area contributed by atoms with E-state index in [1.54, 1.807) is 0 Å². The van der Waals surface area contributed by atoms with Gasteiger partial charge in [0.25, 0.3) is 0 Å². The van der Waals surface area contributed by atoms with E-state index in [0.29, 0.717) is 5.92 Å². The molecular formula is C11H21F3N2O. The first-order chi connectivity index (χ1) is 7.61. The van der Waals surface area contributed by atoms with Crippen LogP contribution in [0.15, 0.2) is 0 Å². The van der Waals surface area contributed by atoms with Gasteiger partial charge in [0.15, 0.2) is 0 Å². The SMILES string of the molecule is CC(CC(F)(F)F)NCC(=O)NC(C)C(C)C. The molecule has 102 valence electrons. The Morgan fingerprint density at radius 3 is 2.12 bits per heavy atom. The van der Waals surface area contributed by atoms with Gasteiger partial charge >= 0.3 is 6.18 Å². The van der Waals surface area contributed by atoms with Crippen LogP contribution >= 0.6 is 0 Å². The molecule has 2 atom stereocenters. The smallest absolute Gasteiger partial charge is 0.352 e. The van der Waals surface area contributed by atoms with Crippen molar-refractivity contribution in [2.75, 3.05) is 6.54 Å². The summed E-state index contributed by atoms with van der Waals surface area (Å²) < 4.78 is 36.0. The van der Waals surface area contributed by atoms with Gasteiger partial charge in [-0.3, -0.25) is 4.79 Å². The Labute approximate surface area is 100 Å². The third kappa shape index (κ3) is 8.97. The molecule has 1 amide bonds. The van der Waals surface area contributed by atoms with Gasteiger partial charge in [0, 0.05) is 12.1 Å². The number of carbonyl (C=O) groups is 1. The van der Waals surface area contributed by atoms with E-state index >= 15 is 0 Å². The molecule has 0 saturated heterocycles. The summed E-state index contributed by atoms with van der Waals surface area (Å²) in [7, 11) is 0. The van der Waals surface area contributed by atoms with Crippen LogP contribution in [0, 0.1) is 5.92 Å². The van der Waals surface area contributed by atoms with Gasteiger partial charge in [0.2, 0.25) is 5.91 Å². The third-order valence-electron chi connectivity index (χ3n) is 2.54. The van der Waals surface area contributed by atoms with E-state index in [0.717, 1.165) is 0 Å². The molecule has 17 heavy (non-hydrogen) atoms. The van der Waals surface area contributed by atoms with Gasteiger partial charge in [-0.05, 0) is 19.8 Å². The Bertz CT molecular complexity index is 241. The highest BCUT2D eigenvalue weighted by Gasteiger charge is 2.29. The molecular weight excluding hydrogens is 233 g/mol. The average Bonchev–Trinajstić information content (AvgIpc) is 2.11. The van der Waals surface area contributed by atoms with E-state index < -0.39 is 18.6 Å². The lowest BCUT2D eigenvalue weighted by Gasteiger charge is -2.19. The summed E-state index contributed by atoms with van der Waals surface area (Å²) in [4.78, 5) is 11.4. The summed E-state index contributed by atoms with van der Waals surface area (Å²) in [6.07, 6.45) is -5.13. The molecule has 0 rings (SSSR count). The van der Waals surface area contributed by atoms with E-state index in [-0.39, 0.29) is 18.5 Å². The van der Waals surface area contributed by atoms with E-state index in [1.807, 2.05) is 20.8 Å². The second kappa shape index (κ2) is 6.83. The van der Waals surface area contributed by atoms with Crippen LogP contribution in [0.2, 0.25) is 0 Å². The van der Waals surface area contributed by atoms with Gasteiger partial charge in [-0.15, -0.1) is 0 Å². The second-order valence-electron chi connectivity index (χ2n) is 4.70. The maximum Gasteiger partial charge on any atom is 0.390 e. The van der Waals surface area contributed by atoms with Crippen LogP contribution in [0.4, 0.5) is 13.2 Å². The highest BCUT2D eigenvalue weighted by atomic mass is 19.4. The summed E-state index contributed by atoms with van der Waals surface area (Å²) in [5.41, 5.74) is 0. The molecule has 0 aliphatic rings. The minimum absolute atomic E-state index is 0.0159. The molecule has 2 unspecified atom stereocenters. The summed E-state index contributed by atoms with van der Waals surface area (Å²) >= 11 is 0. The zero-order valence-electron chi connectivity index (χ0n) is 10.7. The van der Waals surface area contributed by atoms with Crippen LogP contribution in [0.1, 0.15) is 34.1 Å². The van der Waals surface area contributed by atoms with Gasteiger partial charge in [-0.25, -0.2) is 0 Å². The Morgan fingerprint density at radius 2 is 1.71 bits per heavy atom. The molecule has 0 aromatic heterocycles. The van der Waals surface area contributed by atoms with Crippen LogP contribution in [0.3, 0.4) is 0 Å². The lowest BCUT2D eigenvalue weighted by atomic mass is 10.1. The predicted octanol–water partition coefficient (Wildman–Crippen LogP) is 2.08. The fraction of sp³-hybridized carbons (Fsp3) is 0.909. The third-order valence-corrected chi connectivity index (χ3v) is 2.54. The number of hydrogen-bond acceptors (Lipinski definition) is 2. The average molecular weight is 254 g/mol. The molecule has 3 nitrogen and oxygen atoms in total. The second-order valence-corrected chi connectivity index (χ2v) is 4.70. The molecule has 0 aromatic rings. The largest absolute Gasteiger partial charge is 0.390 e.